The summed E-state index contributed by atoms with van der Waals surface area (Å²) in [4.78, 5) is 11.2. The predicted octanol–water partition coefficient (Wildman–Crippen LogP) is 3.54. The molecule has 0 amide bonds. The maximum Gasteiger partial charge on any atom is 0.344 e. The minimum atomic E-state index is -4.12. The van der Waals surface area contributed by atoms with Crippen LogP contribution < -0.4 is 9.46 Å². The average molecular weight is 492 g/mol. The van der Waals surface area contributed by atoms with Gasteiger partial charge in [-0.2, -0.15) is 0 Å². The number of ether oxygens (including phenoxy) is 1. The first-order chi connectivity index (χ1) is 15.5. The Hall–Kier alpha value is -2.92. The molecule has 3 N–H and O–H groups in total. The van der Waals surface area contributed by atoms with Gasteiger partial charge in [0.2, 0.25) is 10.0 Å². The number of H-pyrrole nitrogens is 1. The molecule has 2 unspecified atom stereocenters. The smallest absolute Gasteiger partial charge is 0.344 e. The van der Waals surface area contributed by atoms with Crippen molar-refractivity contribution >= 4 is 21.6 Å². The summed E-state index contributed by atoms with van der Waals surface area (Å²) in [5, 5.41) is 20.8. The van der Waals surface area contributed by atoms with Crippen LogP contribution in [0.15, 0.2) is 29.2 Å². The first-order valence-corrected chi connectivity index (χ1v) is 12.5. The molecule has 0 aliphatic carbocycles. The molecule has 3 aromatic rings. The molecule has 2 atom stereocenters. The van der Waals surface area contributed by atoms with Crippen molar-refractivity contribution in [2.45, 2.75) is 83.3 Å². The lowest BCUT2D eigenvalue weighted by Gasteiger charge is -2.23. The van der Waals surface area contributed by atoms with Gasteiger partial charge in [0.25, 0.3) is 0 Å². The van der Waals surface area contributed by atoms with Crippen LogP contribution in [0.25, 0.3) is 5.65 Å². The minimum absolute atomic E-state index is 0.0381. The Morgan fingerprint density at radius 2 is 1.74 bits per heavy atom. The third-order valence-electron chi connectivity index (χ3n) is 5.50. The highest BCUT2D eigenvalue weighted by molar-refractivity contribution is 7.89. The average Bonchev–Trinajstić information content (AvgIpc) is 3.27. The fraction of sp³-hybridized carbons (Fsp3) is 0.522. The number of carboxylic acids is 1. The van der Waals surface area contributed by atoms with Crippen LogP contribution in [0.1, 0.15) is 78.5 Å². The van der Waals surface area contributed by atoms with E-state index in [1.54, 1.807) is 17.5 Å². The lowest BCUT2D eigenvalue weighted by Crippen LogP contribution is -2.30. The van der Waals surface area contributed by atoms with Gasteiger partial charge in [-0.25, -0.2) is 22.4 Å². The lowest BCUT2D eigenvalue weighted by atomic mass is 9.87. The highest BCUT2D eigenvalue weighted by Crippen LogP contribution is 2.32. The van der Waals surface area contributed by atoms with Gasteiger partial charge < -0.3 is 9.84 Å². The lowest BCUT2D eigenvalue weighted by molar-refractivity contribution is -0.144. The number of carboxylic acid groups (broad SMARTS) is 1. The molecule has 1 aromatic carbocycles. The number of benzene rings is 1. The first-order valence-electron chi connectivity index (χ1n) is 11.0. The largest absolute Gasteiger partial charge is 0.479 e. The molecular weight excluding hydrogens is 458 g/mol. The highest BCUT2D eigenvalue weighted by Gasteiger charge is 2.29. The SMILES string of the molecule is CC(Oc1ccc(C(C)(C)C)cc1S(=O)(=O)NC(C)c1nnc2cc(C(C)(C)C)[nH]n12)C(=O)O. The van der Waals surface area contributed by atoms with Crippen LogP contribution in [0.2, 0.25) is 0 Å². The summed E-state index contributed by atoms with van der Waals surface area (Å²) < 4.78 is 36.7. The van der Waals surface area contributed by atoms with Crippen molar-refractivity contribution in [2.75, 3.05) is 0 Å². The number of sulfonamides is 1. The highest BCUT2D eigenvalue weighted by atomic mass is 32.2. The molecule has 11 heteroatoms. The van der Waals surface area contributed by atoms with E-state index in [9.17, 15) is 18.3 Å². The second-order valence-corrected chi connectivity index (χ2v) is 12.2. The number of aliphatic carboxylic acids is 1. The molecule has 0 fully saturated rings. The van der Waals surface area contributed by atoms with Crippen molar-refractivity contribution in [3.8, 4) is 5.75 Å². The van der Waals surface area contributed by atoms with E-state index in [1.165, 1.54) is 19.1 Å². The molecule has 0 aliphatic rings. The van der Waals surface area contributed by atoms with E-state index in [-0.39, 0.29) is 21.5 Å². The quantitative estimate of drug-likeness (QED) is 0.459. The van der Waals surface area contributed by atoms with Crippen LogP contribution >= 0.6 is 0 Å². The van der Waals surface area contributed by atoms with Crippen LogP contribution in [0.4, 0.5) is 0 Å². The molecular formula is C23H33N5O5S. The number of fused-ring (bicyclic) bond motifs is 1. The Kier molecular flexibility index (Phi) is 6.57. The van der Waals surface area contributed by atoms with Gasteiger partial charge in [0.1, 0.15) is 10.6 Å². The summed E-state index contributed by atoms with van der Waals surface area (Å²) in [6.07, 6.45) is -1.22. The van der Waals surface area contributed by atoms with Gasteiger partial charge in [0, 0.05) is 17.2 Å². The molecule has 0 bridgehead atoms. The van der Waals surface area contributed by atoms with Crippen molar-refractivity contribution in [1.82, 2.24) is 24.5 Å². The van der Waals surface area contributed by atoms with E-state index >= 15 is 0 Å². The predicted molar refractivity (Wildman–Crippen MR) is 128 cm³/mol. The van der Waals surface area contributed by atoms with Gasteiger partial charge in [-0.1, -0.05) is 47.6 Å². The van der Waals surface area contributed by atoms with E-state index in [2.05, 4.69) is 40.8 Å². The number of aromatic amines is 1. The Morgan fingerprint density at radius 3 is 2.29 bits per heavy atom. The first kappa shape index (κ1) is 25.7. The number of aromatic nitrogens is 4. The van der Waals surface area contributed by atoms with Gasteiger partial charge >= 0.3 is 5.97 Å². The van der Waals surface area contributed by atoms with Crippen LogP contribution in [-0.4, -0.2) is 45.4 Å². The molecule has 3 rings (SSSR count). The number of hydrogen-bond acceptors (Lipinski definition) is 6. The normalized spacial score (nSPS) is 14.8. The minimum Gasteiger partial charge on any atom is -0.479 e. The summed E-state index contributed by atoms with van der Waals surface area (Å²) >= 11 is 0. The summed E-state index contributed by atoms with van der Waals surface area (Å²) in [5.41, 5.74) is 1.80. The van der Waals surface area contributed by atoms with Crippen molar-refractivity contribution in [3.63, 3.8) is 0 Å². The second-order valence-electron chi connectivity index (χ2n) is 10.5. The molecule has 186 valence electrons. The van der Waals surface area contributed by atoms with E-state index in [1.807, 2.05) is 26.8 Å². The zero-order valence-corrected chi connectivity index (χ0v) is 21.6. The van der Waals surface area contributed by atoms with Gasteiger partial charge in [0.05, 0.1) is 6.04 Å². The Morgan fingerprint density at radius 1 is 1.09 bits per heavy atom. The third kappa shape index (κ3) is 5.25. The Bertz CT molecular complexity index is 1310. The number of rotatable bonds is 7. The standard InChI is InChI=1S/C23H33N5O5S/c1-13(20-25-24-19-12-18(23(6,7)8)26-28(19)20)27-34(31,32)17-11-15(22(3,4)5)9-10-16(17)33-14(2)21(29)30/h9-14,26-27H,1-8H3,(H,29,30). The van der Waals surface area contributed by atoms with E-state index in [0.29, 0.717) is 11.5 Å². The molecule has 0 spiro atoms. The fourth-order valence-electron chi connectivity index (χ4n) is 3.34. The number of nitrogens with one attached hydrogen (secondary N) is 2. The van der Waals surface area contributed by atoms with Gasteiger partial charge in [-0.05, 0) is 37.0 Å². The van der Waals surface area contributed by atoms with Crippen molar-refractivity contribution < 1.29 is 23.1 Å². The van der Waals surface area contributed by atoms with Gasteiger partial charge in [0.15, 0.2) is 17.6 Å². The molecule has 0 aliphatic heterocycles. The second kappa shape index (κ2) is 8.70. The van der Waals surface area contributed by atoms with Crippen molar-refractivity contribution in [2.24, 2.45) is 0 Å². The third-order valence-corrected chi connectivity index (χ3v) is 7.06. The molecule has 0 radical (unpaired) electrons. The summed E-state index contributed by atoms with van der Waals surface area (Å²) in [6, 6.07) is 5.89. The number of nitrogens with zero attached hydrogens (tertiary/aromatic N) is 3. The maximum absolute atomic E-state index is 13.5. The monoisotopic (exact) mass is 491 g/mol. The topological polar surface area (TPSA) is 139 Å². The van der Waals surface area contributed by atoms with Gasteiger partial charge in [-0.3, -0.25) is 5.10 Å². The fourth-order valence-corrected chi connectivity index (χ4v) is 4.70. The molecule has 10 nitrogen and oxygen atoms in total. The molecule has 0 saturated carbocycles. The zero-order valence-electron chi connectivity index (χ0n) is 20.8. The van der Waals surface area contributed by atoms with Crippen LogP contribution in [-0.2, 0) is 25.6 Å². The maximum atomic E-state index is 13.5. The zero-order chi connectivity index (χ0) is 25.6. The molecule has 0 saturated heterocycles. The summed E-state index contributed by atoms with van der Waals surface area (Å²) in [5.74, 6) is -0.844. The van der Waals surface area contributed by atoms with E-state index in [0.717, 1.165) is 11.3 Å². The Labute approximate surface area is 199 Å². The van der Waals surface area contributed by atoms with Crippen molar-refractivity contribution in [1.29, 1.82) is 0 Å². The van der Waals surface area contributed by atoms with E-state index in [4.69, 9.17) is 4.74 Å². The summed E-state index contributed by atoms with van der Waals surface area (Å²) in [6.45, 7) is 15.1. The molecule has 2 aromatic heterocycles. The van der Waals surface area contributed by atoms with Crippen LogP contribution in [0.3, 0.4) is 0 Å². The Balaban J connectivity index is 2.01. The number of hydrogen-bond donors (Lipinski definition) is 3. The van der Waals surface area contributed by atoms with Gasteiger partial charge in [-0.15, -0.1) is 10.2 Å². The summed E-state index contributed by atoms with van der Waals surface area (Å²) in [7, 11) is -4.12. The van der Waals surface area contributed by atoms with E-state index < -0.39 is 28.1 Å². The molecule has 34 heavy (non-hydrogen) atoms. The van der Waals surface area contributed by atoms with Crippen molar-refractivity contribution in [3.05, 3.63) is 41.3 Å². The van der Waals surface area contributed by atoms with Crippen LogP contribution in [0, 0.1) is 0 Å². The molecule has 2 heterocycles. The number of carbonyl (C=O) groups is 1. The van der Waals surface area contributed by atoms with Crippen LogP contribution in [0.5, 0.6) is 5.75 Å².